The van der Waals surface area contributed by atoms with Crippen molar-refractivity contribution in [1.29, 1.82) is 0 Å². The summed E-state index contributed by atoms with van der Waals surface area (Å²) in [7, 11) is 0. The lowest BCUT2D eigenvalue weighted by atomic mass is 9.92. The third-order valence-electron chi connectivity index (χ3n) is 2.67. The van der Waals surface area contributed by atoms with E-state index in [0.29, 0.717) is 5.92 Å². The van der Waals surface area contributed by atoms with Crippen molar-refractivity contribution in [3.05, 3.63) is 40.5 Å². The Morgan fingerprint density at radius 1 is 1.07 bits per heavy atom. The largest absolute Gasteiger partial charge is 0.0871 e. The minimum absolute atomic E-state index is 0.598. The normalized spacial score (nSPS) is 11.6. The van der Waals surface area contributed by atoms with Gasteiger partial charge in [-0.15, -0.1) is 0 Å². The Kier molecular flexibility index (Phi) is 3.51. The molecule has 0 N–H and O–H groups in total. The zero-order chi connectivity index (χ0) is 10.7. The Morgan fingerprint density at radius 2 is 1.64 bits per heavy atom. The standard InChI is InChI=1S/C14H20/c1-6-7-13-8-11(4)12(5)9-14(13)10(2)3/h6-10H,1-5H3/b7-6-. The molecule has 0 heteroatoms. The molecule has 0 bridgehead atoms. The van der Waals surface area contributed by atoms with Crippen molar-refractivity contribution in [1.82, 2.24) is 0 Å². The first kappa shape index (κ1) is 11.0. The summed E-state index contributed by atoms with van der Waals surface area (Å²) in [6, 6.07) is 4.60. The Hall–Kier alpha value is -1.04. The Balaban J connectivity index is 3.31. The van der Waals surface area contributed by atoms with Crippen molar-refractivity contribution in [3.8, 4) is 0 Å². The van der Waals surface area contributed by atoms with Gasteiger partial charge in [0, 0.05) is 0 Å². The maximum absolute atomic E-state index is 2.31. The molecule has 0 radical (unpaired) electrons. The summed E-state index contributed by atoms with van der Waals surface area (Å²) in [6.45, 7) is 10.9. The van der Waals surface area contributed by atoms with Crippen LogP contribution in [0, 0.1) is 13.8 Å². The second kappa shape index (κ2) is 4.45. The monoisotopic (exact) mass is 188 g/mol. The summed E-state index contributed by atoms with van der Waals surface area (Å²) in [5.74, 6) is 0.598. The van der Waals surface area contributed by atoms with Gasteiger partial charge in [0.2, 0.25) is 0 Å². The van der Waals surface area contributed by atoms with Crippen LogP contribution in [0.2, 0.25) is 0 Å². The quantitative estimate of drug-likeness (QED) is 0.642. The van der Waals surface area contributed by atoms with Gasteiger partial charge in [-0.25, -0.2) is 0 Å². The summed E-state index contributed by atoms with van der Waals surface area (Å²) < 4.78 is 0. The van der Waals surface area contributed by atoms with Gasteiger partial charge in [0.25, 0.3) is 0 Å². The fraction of sp³-hybridized carbons (Fsp3) is 0.429. The minimum atomic E-state index is 0.598. The summed E-state index contributed by atoms with van der Waals surface area (Å²) in [6.07, 6.45) is 4.30. The molecule has 1 aromatic carbocycles. The highest BCUT2D eigenvalue weighted by molar-refractivity contribution is 5.57. The number of hydrogen-bond donors (Lipinski definition) is 0. The molecule has 0 aliphatic heterocycles. The van der Waals surface area contributed by atoms with Crippen LogP contribution in [0.3, 0.4) is 0 Å². The lowest BCUT2D eigenvalue weighted by molar-refractivity contribution is 0.861. The molecule has 0 amide bonds. The molecule has 1 aromatic rings. The topological polar surface area (TPSA) is 0 Å². The summed E-state index contributed by atoms with van der Waals surface area (Å²) in [5, 5.41) is 0. The zero-order valence-electron chi connectivity index (χ0n) is 9.89. The SMILES string of the molecule is C/C=C\c1cc(C)c(C)cc1C(C)C. The Bertz CT molecular complexity index is 343. The minimum Gasteiger partial charge on any atom is -0.0871 e. The fourth-order valence-electron chi connectivity index (χ4n) is 1.68. The number of allylic oxidation sites excluding steroid dienone is 1. The molecule has 0 atom stereocenters. The van der Waals surface area contributed by atoms with Gasteiger partial charge in [-0.2, -0.15) is 0 Å². The second-order valence-corrected chi connectivity index (χ2v) is 4.22. The molecule has 0 saturated heterocycles. The van der Waals surface area contributed by atoms with E-state index in [-0.39, 0.29) is 0 Å². The lowest BCUT2D eigenvalue weighted by Crippen LogP contribution is -1.95. The van der Waals surface area contributed by atoms with E-state index in [1.165, 1.54) is 22.3 Å². The van der Waals surface area contributed by atoms with Crippen molar-refractivity contribution in [2.75, 3.05) is 0 Å². The van der Waals surface area contributed by atoms with Gasteiger partial charge in [0.15, 0.2) is 0 Å². The molecule has 0 aliphatic carbocycles. The molecule has 0 unspecified atom stereocenters. The molecular formula is C14H20. The van der Waals surface area contributed by atoms with Crippen LogP contribution >= 0.6 is 0 Å². The molecule has 0 fully saturated rings. The van der Waals surface area contributed by atoms with Gasteiger partial charge in [-0.1, -0.05) is 38.1 Å². The van der Waals surface area contributed by atoms with Gasteiger partial charge < -0.3 is 0 Å². The Labute approximate surface area is 87.7 Å². The van der Waals surface area contributed by atoms with Crippen LogP contribution in [0.5, 0.6) is 0 Å². The second-order valence-electron chi connectivity index (χ2n) is 4.22. The lowest BCUT2D eigenvalue weighted by Gasteiger charge is -2.13. The van der Waals surface area contributed by atoms with Crippen molar-refractivity contribution in [2.24, 2.45) is 0 Å². The first-order valence-corrected chi connectivity index (χ1v) is 5.30. The molecular weight excluding hydrogens is 168 g/mol. The number of hydrogen-bond acceptors (Lipinski definition) is 0. The molecule has 0 spiro atoms. The highest BCUT2D eigenvalue weighted by Crippen LogP contribution is 2.24. The summed E-state index contributed by atoms with van der Waals surface area (Å²) in [4.78, 5) is 0. The van der Waals surface area contributed by atoms with E-state index in [1.54, 1.807) is 0 Å². The maximum Gasteiger partial charge on any atom is -0.0213 e. The van der Waals surface area contributed by atoms with E-state index in [4.69, 9.17) is 0 Å². The van der Waals surface area contributed by atoms with Crippen LogP contribution in [-0.2, 0) is 0 Å². The Morgan fingerprint density at radius 3 is 2.14 bits per heavy atom. The van der Waals surface area contributed by atoms with E-state index in [2.05, 4.69) is 58.9 Å². The van der Waals surface area contributed by atoms with Crippen molar-refractivity contribution < 1.29 is 0 Å². The predicted octanol–water partition coefficient (Wildman–Crippen LogP) is 4.46. The van der Waals surface area contributed by atoms with Crippen molar-refractivity contribution in [3.63, 3.8) is 0 Å². The van der Waals surface area contributed by atoms with E-state index >= 15 is 0 Å². The predicted molar refractivity (Wildman–Crippen MR) is 64.7 cm³/mol. The fourth-order valence-corrected chi connectivity index (χ4v) is 1.68. The van der Waals surface area contributed by atoms with Crippen LogP contribution in [0.1, 0.15) is 48.9 Å². The van der Waals surface area contributed by atoms with E-state index < -0.39 is 0 Å². The van der Waals surface area contributed by atoms with Crippen molar-refractivity contribution in [2.45, 2.75) is 40.5 Å². The molecule has 0 aliphatic rings. The molecule has 0 nitrogen and oxygen atoms in total. The first-order valence-electron chi connectivity index (χ1n) is 5.30. The molecule has 0 saturated carbocycles. The smallest absolute Gasteiger partial charge is 0.0213 e. The van der Waals surface area contributed by atoms with Gasteiger partial charge in [-0.3, -0.25) is 0 Å². The molecule has 14 heavy (non-hydrogen) atoms. The number of rotatable bonds is 2. The third-order valence-corrected chi connectivity index (χ3v) is 2.67. The van der Waals surface area contributed by atoms with Crippen LogP contribution < -0.4 is 0 Å². The van der Waals surface area contributed by atoms with Crippen LogP contribution in [-0.4, -0.2) is 0 Å². The van der Waals surface area contributed by atoms with Crippen LogP contribution in [0.4, 0.5) is 0 Å². The summed E-state index contributed by atoms with van der Waals surface area (Å²) in [5.41, 5.74) is 5.58. The van der Waals surface area contributed by atoms with Crippen molar-refractivity contribution >= 4 is 6.08 Å². The molecule has 76 valence electrons. The highest BCUT2D eigenvalue weighted by atomic mass is 14.1. The van der Waals surface area contributed by atoms with Crippen LogP contribution in [0.25, 0.3) is 6.08 Å². The van der Waals surface area contributed by atoms with Crippen LogP contribution in [0.15, 0.2) is 18.2 Å². The maximum atomic E-state index is 2.31. The first-order chi connectivity index (χ1) is 6.56. The third kappa shape index (κ3) is 2.25. The molecule has 0 heterocycles. The number of aryl methyl sites for hydroxylation is 2. The molecule has 0 aromatic heterocycles. The zero-order valence-corrected chi connectivity index (χ0v) is 9.89. The van der Waals surface area contributed by atoms with Gasteiger partial charge >= 0.3 is 0 Å². The average molecular weight is 188 g/mol. The molecule has 1 rings (SSSR count). The van der Waals surface area contributed by atoms with Gasteiger partial charge in [0.1, 0.15) is 0 Å². The van der Waals surface area contributed by atoms with E-state index in [1.807, 2.05) is 0 Å². The van der Waals surface area contributed by atoms with Gasteiger partial charge in [0.05, 0.1) is 0 Å². The van der Waals surface area contributed by atoms with E-state index in [0.717, 1.165) is 0 Å². The summed E-state index contributed by atoms with van der Waals surface area (Å²) >= 11 is 0. The van der Waals surface area contributed by atoms with Gasteiger partial charge in [-0.05, 0) is 48.9 Å². The van der Waals surface area contributed by atoms with E-state index in [9.17, 15) is 0 Å². The number of benzene rings is 1. The average Bonchev–Trinajstić information content (AvgIpc) is 2.11. The highest BCUT2D eigenvalue weighted by Gasteiger charge is 2.06.